The van der Waals surface area contributed by atoms with Gasteiger partial charge in [0.25, 0.3) is 0 Å². The highest BCUT2D eigenvalue weighted by Crippen LogP contribution is 2.24. The molecule has 1 aliphatic carbocycles. The summed E-state index contributed by atoms with van der Waals surface area (Å²) < 4.78 is 27.4. The van der Waals surface area contributed by atoms with Crippen LogP contribution in [-0.4, -0.2) is 56.8 Å². The van der Waals surface area contributed by atoms with E-state index in [4.69, 9.17) is 0 Å². The molecule has 0 atom stereocenters. The predicted octanol–water partition coefficient (Wildman–Crippen LogP) is 2.29. The number of nitrogens with one attached hydrogen (secondary N) is 1. The van der Waals surface area contributed by atoms with Crippen LogP contribution >= 0.6 is 0 Å². The zero-order valence-electron chi connectivity index (χ0n) is 16.7. The van der Waals surface area contributed by atoms with Gasteiger partial charge < -0.3 is 10.2 Å². The first kappa shape index (κ1) is 20.1. The molecule has 0 unspecified atom stereocenters. The molecule has 1 aliphatic heterocycles. The molecule has 0 spiro atoms. The number of fused-ring (bicyclic) bond motifs is 1. The Morgan fingerprint density at radius 3 is 2.55 bits per heavy atom. The lowest BCUT2D eigenvalue weighted by Gasteiger charge is -2.31. The van der Waals surface area contributed by atoms with Crippen molar-refractivity contribution in [1.82, 2.24) is 9.21 Å². The van der Waals surface area contributed by atoms with Crippen molar-refractivity contribution in [2.24, 2.45) is 0 Å². The summed E-state index contributed by atoms with van der Waals surface area (Å²) in [4.78, 5) is 14.8. The van der Waals surface area contributed by atoms with E-state index in [2.05, 4.69) is 22.3 Å². The van der Waals surface area contributed by atoms with Gasteiger partial charge in [0, 0.05) is 31.9 Å². The summed E-state index contributed by atoms with van der Waals surface area (Å²) in [6, 6.07) is 12.8. The number of anilines is 1. The van der Waals surface area contributed by atoms with Crippen LogP contribution in [0.4, 0.5) is 5.69 Å². The van der Waals surface area contributed by atoms with Gasteiger partial charge in [0.1, 0.15) is 0 Å². The quantitative estimate of drug-likeness (QED) is 0.817. The lowest BCUT2D eigenvalue weighted by atomic mass is 10.0. The maximum atomic E-state index is 12.9. The molecule has 0 aromatic heterocycles. The van der Waals surface area contributed by atoms with Gasteiger partial charge in [0.2, 0.25) is 15.9 Å². The van der Waals surface area contributed by atoms with E-state index in [1.54, 1.807) is 24.3 Å². The van der Waals surface area contributed by atoms with Gasteiger partial charge in [-0.15, -0.1) is 0 Å². The Hall–Kier alpha value is -2.22. The number of carbonyl (C=O) groups is 1. The van der Waals surface area contributed by atoms with Crippen molar-refractivity contribution in [3.63, 3.8) is 0 Å². The summed E-state index contributed by atoms with van der Waals surface area (Å²) in [7, 11) is -1.57. The minimum absolute atomic E-state index is 0.142. The predicted molar refractivity (Wildman–Crippen MR) is 113 cm³/mol. The number of carbonyl (C=O) groups excluding carboxylic acids is 1. The maximum absolute atomic E-state index is 12.9. The van der Waals surface area contributed by atoms with E-state index in [0.29, 0.717) is 18.8 Å². The highest BCUT2D eigenvalue weighted by atomic mass is 32.2. The molecule has 2 aromatic carbocycles. The molecule has 1 saturated heterocycles. The van der Waals surface area contributed by atoms with E-state index in [0.717, 1.165) is 31.5 Å². The molecule has 0 saturated carbocycles. The Morgan fingerprint density at radius 2 is 1.76 bits per heavy atom. The fraction of sp³-hybridized carbons (Fsp3) is 0.409. The van der Waals surface area contributed by atoms with Crippen LogP contribution in [0.1, 0.15) is 23.1 Å². The highest BCUT2D eigenvalue weighted by molar-refractivity contribution is 7.89. The second-order valence-corrected chi connectivity index (χ2v) is 9.85. The van der Waals surface area contributed by atoms with Crippen LogP contribution in [0.5, 0.6) is 0 Å². The number of rotatable bonds is 5. The molecule has 4 rings (SSSR count). The van der Waals surface area contributed by atoms with Crippen LogP contribution in [0.2, 0.25) is 0 Å². The third-order valence-electron chi connectivity index (χ3n) is 5.75. The van der Waals surface area contributed by atoms with Gasteiger partial charge in [0.15, 0.2) is 0 Å². The summed E-state index contributed by atoms with van der Waals surface area (Å²) in [6.07, 6.45) is 3.66. The molecule has 2 aliphatic rings. The largest absolute Gasteiger partial charge is 0.326 e. The fourth-order valence-electron chi connectivity index (χ4n) is 4.04. The molecule has 6 nitrogen and oxygen atoms in total. The second kappa shape index (κ2) is 8.26. The monoisotopic (exact) mass is 413 g/mol. The Balaban J connectivity index is 1.44. The number of amides is 1. The van der Waals surface area contributed by atoms with E-state index in [1.807, 2.05) is 13.1 Å². The Labute approximate surface area is 172 Å². The smallest absolute Gasteiger partial charge is 0.243 e. The molecule has 1 fully saturated rings. The fourth-order valence-corrected chi connectivity index (χ4v) is 5.51. The van der Waals surface area contributed by atoms with Gasteiger partial charge in [-0.2, -0.15) is 4.31 Å². The number of hydrogen-bond donors (Lipinski definition) is 1. The lowest BCUT2D eigenvalue weighted by Crippen LogP contribution is -2.47. The number of sulfonamides is 1. The average Bonchev–Trinajstić information content (AvgIpc) is 3.16. The van der Waals surface area contributed by atoms with Gasteiger partial charge in [-0.1, -0.05) is 24.3 Å². The number of hydrogen-bond acceptors (Lipinski definition) is 4. The first-order valence-electron chi connectivity index (χ1n) is 10.1. The van der Waals surface area contributed by atoms with Crippen molar-refractivity contribution in [2.45, 2.75) is 30.6 Å². The van der Waals surface area contributed by atoms with Gasteiger partial charge in [0.05, 0.1) is 11.3 Å². The summed E-state index contributed by atoms with van der Waals surface area (Å²) in [5.74, 6) is -0.142. The van der Waals surface area contributed by atoms with E-state index in [9.17, 15) is 13.2 Å². The third kappa shape index (κ3) is 4.52. The van der Waals surface area contributed by atoms with Gasteiger partial charge >= 0.3 is 0 Å². The van der Waals surface area contributed by atoms with Crippen molar-refractivity contribution in [1.29, 1.82) is 0 Å². The molecule has 29 heavy (non-hydrogen) atoms. The number of piperazine rings is 1. The SMILES string of the molecule is CN1CCN(S(=O)(=O)c2cccc(NC(=O)Cc3ccc4c(c3)CCC4)c2)CC1. The first-order chi connectivity index (χ1) is 13.9. The second-order valence-electron chi connectivity index (χ2n) is 7.92. The molecule has 1 amide bonds. The number of likely N-dealkylation sites (N-methyl/N-ethyl adjacent to an activating group) is 1. The topological polar surface area (TPSA) is 69.7 Å². The van der Waals surface area contributed by atoms with E-state index in [1.165, 1.54) is 21.9 Å². The molecular formula is C22H27N3O3S. The number of benzene rings is 2. The molecule has 1 heterocycles. The number of nitrogens with zero attached hydrogens (tertiary/aromatic N) is 2. The van der Waals surface area contributed by atoms with Gasteiger partial charge in [-0.05, 0) is 61.2 Å². The molecule has 154 valence electrons. The van der Waals surface area contributed by atoms with Crippen LogP contribution in [0.3, 0.4) is 0 Å². The minimum atomic E-state index is -3.55. The summed E-state index contributed by atoms with van der Waals surface area (Å²) >= 11 is 0. The molecular weight excluding hydrogens is 386 g/mol. The average molecular weight is 414 g/mol. The van der Waals surface area contributed by atoms with Crippen molar-refractivity contribution >= 4 is 21.6 Å². The van der Waals surface area contributed by atoms with Crippen LogP contribution in [0, 0.1) is 0 Å². The summed E-state index contributed by atoms with van der Waals surface area (Å²) in [5.41, 5.74) is 4.22. The van der Waals surface area contributed by atoms with Crippen LogP contribution < -0.4 is 5.32 Å². The van der Waals surface area contributed by atoms with E-state index >= 15 is 0 Å². The summed E-state index contributed by atoms with van der Waals surface area (Å²) in [6.45, 7) is 2.40. The van der Waals surface area contributed by atoms with Crippen LogP contribution in [-0.2, 0) is 34.1 Å². The molecule has 7 heteroatoms. The maximum Gasteiger partial charge on any atom is 0.243 e. The number of aryl methyl sites for hydroxylation is 2. The molecule has 2 aromatic rings. The van der Waals surface area contributed by atoms with Gasteiger partial charge in [-0.3, -0.25) is 4.79 Å². The third-order valence-corrected chi connectivity index (χ3v) is 7.64. The Kier molecular flexibility index (Phi) is 5.72. The first-order valence-corrected chi connectivity index (χ1v) is 11.5. The minimum Gasteiger partial charge on any atom is -0.326 e. The normalized spacial score (nSPS) is 17.8. The van der Waals surface area contributed by atoms with Crippen LogP contribution in [0.15, 0.2) is 47.4 Å². The summed E-state index contributed by atoms with van der Waals surface area (Å²) in [5, 5.41) is 2.85. The Morgan fingerprint density at radius 1 is 1.00 bits per heavy atom. The standard InChI is InChI=1S/C22H27N3O3S/c1-24-10-12-25(13-11-24)29(27,28)21-7-3-6-20(16-21)23-22(26)15-17-8-9-18-4-2-5-19(18)14-17/h3,6-9,14,16H,2,4-5,10-13,15H2,1H3,(H,23,26). The zero-order valence-corrected chi connectivity index (χ0v) is 17.5. The Bertz CT molecular complexity index is 1010. The van der Waals surface area contributed by atoms with Crippen LogP contribution in [0.25, 0.3) is 0 Å². The molecule has 0 bridgehead atoms. The van der Waals surface area contributed by atoms with Crippen molar-refractivity contribution in [3.05, 3.63) is 59.2 Å². The van der Waals surface area contributed by atoms with E-state index in [-0.39, 0.29) is 17.2 Å². The molecule has 0 radical (unpaired) electrons. The zero-order chi connectivity index (χ0) is 20.4. The van der Waals surface area contributed by atoms with Crippen molar-refractivity contribution in [2.75, 3.05) is 38.5 Å². The van der Waals surface area contributed by atoms with Gasteiger partial charge in [-0.25, -0.2) is 8.42 Å². The van der Waals surface area contributed by atoms with E-state index < -0.39 is 10.0 Å². The highest BCUT2D eigenvalue weighted by Gasteiger charge is 2.27. The van der Waals surface area contributed by atoms with Crippen molar-refractivity contribution < 1.29 is 13.2 Å². The molecule has 1 N–H and O–H groups in total. The van der Waals surface area contributed by atoms with Crippen molar-refractivity contribution in [3.8, 4) is 0 Å². The lowest BCUT2D eigenvalue weighted by molar-refractivity contribution is -0.115.